The molecule has 4 nitrogen and oxygen atoms in total. The van der Waals surface area contributed by atoms with Crippen molar-refractivity contribution < 1.29 is 4.79 Å². The maximum absolute atomic E-state index is 11.9. The molecular weight excluding hydrogens is 285 g/mol. The zero-order chi connectivity index (χ0) is 13.8. The Morgan fingerprint density at radius 2 is 1.84 bits per heavy atom. The Kier molecular flexibility index (Phi) is 4.35. The van der Waals surface area contributed by atoms with Crippen molar-refractivity contribution in [1.82, 2.24) is 15.3 Å². The summed E-state index contributed by atoms with van der Waals surface area (Å²) in [5.41, 5.74) is 1.19. The van der Waals surface area contributed by atoms with Crippen LogP contribution in [0.25, 0.3) is 0 Å². The molecule has 0 aliphatic heterocycles. The van der Waals surface area contributed by atoms with Gasteiger partial charge < -0.3 is 5.32 Å². The fourth-order valence-corrected chi connectivity index (χ4v) is 1.76. The lowest BCUT2D eigenvalue weighted by Crippen LogP contribution is -2.27. The van der Waals surface area contributed by atoms with Crippen LogP contribution in [0.2, 0.25) is 10.2 Å². The van der Waals surface area contributed by atoms with Crippen molar-refractivity contribution in [2.24, 2.45) is 0 Å². The average molecular weight is 296 g/mol. The lowest BCUT2D eigenvalue weighted by atomic mass is 10.1. The molecule has 2 rings (SSSR count). The van der Waals surface area contributed by atoms with Crippen LogP contribution in [0.1, 0.15) is 29.0 Å². The van der Waals surface area contributed by atoms with E-state index in [1.54, 1.807) is 12.1 Å². The van der Waals surface area contributed by atoms with Gasteiger partial charge in [-0.2, -0.15) is 0 Å². The van der Waals surface area contributed by atoms with Gasteiger partial charge in [-0.1, -0.05) is 35.3 Å². The smallest absolute Gasteiger partial charge is 0.271 e. The number of rotatable bonds is 3. The minimum absolute atomic E-state index is 0.151. The third-order valence-electron chi connectivity index (χ3n) is 2.57. The summed E-state index contributed by atoms with van der Waals surface area (Å²) >= 11 is 11.4. The van der Waals surface area contributed by atoms with Crippen LogP contribution in [0.15, 0.2) is 36.7 Å². The van der Waals surface area contributed by atoms with Crippen LogP contribution in [-0.4, -0.2) is 15.9 Å². The topological polar surface area (TPSA) is 54.9 Å². The quantitative estimate of drug-likeness (QED) is 0.945. The Balaban J connectivity index is 2.06. The van der Waals surface area contributed by atoms with Gasteiger partial charge in [-0.25, -0.2) is 9.97 Å². The molecule has 1 amide bonds. The zero-order valence-electron chi connectivity index (χ0n) is 10.1. The maximum Gasteiger partial charge on any atom is 0.271 e. The minimum atomic E-state index is -0.299. The van der Waals surface area contributed by atoms with Gasteiger partial charge in [0.2, 0.25) is 0 Å². The van der Waals surface area contributed by atoms with Gasteiger partial charge in [0.15, 0.2) is 0 Å². The summed E-state index contributed by atoms with van der Waals surface area (Å²) in [5, 5.41) is 3.73. The Morgan fingerprint density at radius 1 is 1.16 bits per heavy atom. The molecule has 1 heterocycles. The molecule has 1 N–H and O–H groups in total. The van der Waals surface area contributed by atoms with E-state index >= 15 is 0 Å². The van der Waals surface area contributed by atoms with Gasteiger partial charge in [0.25, 0.3) is 5.91 Å². The molecule has 0 bridgehead atoms. The molecule has 1 aromatic heterocycles. The van der Waals surface area contributed by atoms with Crippen molar-refractivity contribution in [2.75, 3.05) is 0 Å². The van der Waals surface area contributed by atoms with Crippen molar-refractivity contribution in [3.8, 4) is 0 Å². The molecule has 0 radical (unpaired) electrons. The van der Waals surface area contributed by atoms with Gasteiger partial charge in [-0.15, -0.1) is 0 Å². The first-order chi connectivity index (χ1) is 9.06. The number of carbonyl (C=O) groups excluding carboxylic acids is 1. The summed E-state index contributed by atoms with van der Waals surface area (Å²) in [6.07, 6.45) is 2.68. The van der Waals surface area contributed by atoms with E-state index in [2.05, 4.69) is 15.3 Å². The van der Waals surface area contributed by atoms with E-state index in [1.807, 2.05) is 19.1 Å². The van der Waals surface area contributed by atoms with E-state index in [-0.39, 0.29) is 22.8 Å². The maximum atomic E-state index is 11.9. The van der Waals surface area contributed by atoms with Crippen LogP contribution in [0.5, 0.6) is 0 Å². The third kappa shape index (κ3) is 3.66. The molecule has 1 atom stereocenters. The molecule has 0 fully saturated rings. The van der Waals surface area contributed by atoms with Crippen LogP contribution in [-0.2, 0) is 0 Å². The molecule has 1 unspecified atom stereocenters. The van der Waals surface area contributed by atoms with Gasteiger partial charge in [-0.3, -0.25) is 4.79 Å². The van der Waals surface area contributed by atoms with Crippen molar-refractivity contribution in [1.29, 1.82) is 0 Å². The molecule has 0 aliphatic carbocycles. The number of aromatic nitrogens is 2. The predicted molar refractivity (Wildman–Crippen MR) is 74.4 cm³/mol. The highest BCUT2D eigenvalue weighted by Gasteiger charge is 2.12. The molecule has 98 valence electrons. The molecule has 2 aromatic rings. The second kappa shape index (κ2) is 5.99. The first kappa shape index (κ1) is 13.8. The first-order valence-electron chi connectivity index (χ1n) is 5.60. The summed E-state index contributed by atoms with van der Waals surface area (Å²) in [7, 11) is 0. The van der Waals surface area contributed by atoms with Crippen molar-refractivity contribution >= 4 is 29.1 Å². The van der Waals surface area contributed by atoms with Crippen LogP contribution in [0.3, 0.4) is 0 Å². The van der Waals surface area contributed by atoms with E-state index < -0.39 is 0 Å². The van der Waals surface area contributed by atoms with Gasteiger partial charge in [0, 0.05) is 5.02 Å². The molecular formula is C13H11Cl2N3O. The Bertz CT molecular complexity index is 569. The van der Waals surface area contributed by atoms with Crippen LogP contribution >= 0.6 is 23.2 Å². The Labute approximate surface area is 120 Å². The van der Waals surface area contributed by atoms with Crippen molar-refractivity contribution in [3.63, 3.8) is 0 Å². The Hall–Kier alpha value is -1.65. The summed E-state index contributed by atoms with van der Waals surface area (Å²) in [6.45, 7) is 1.88. The average Bonchev–Trinajstić information content (AvgIpc) is 2.40. The largest absolute Gasteiger partial charge is 0.344 e. The number of nitrogens with zero attached hydrogens (tertiary/aromatic N) is 2. The highest BCUT2D eigenvalue weighted by Crippen LogP contribution is 2.16. The van der Waals surface area contributed by atoms with Crippen LogP contribution < -0.4 is 5.32 Å². The van der Waals surface area contributed by atoms with Gasteiger partial charge in [0.1, 0.15) is 10.8 Å². The van der Waals surface area contributed by atoms with E-state index in [0.29, 0.717) is 5.02 Å². The summed E-state index contributed by atoms with van der Waals surface area (Å²) in [5.74, 6) is -0.299. The fourth-order valence-electron chi connectivity index (χ4n) is 1.53. The van der Waals surface area contributed by atoms with Gasteiger partial charge in [0.05, 0.1) is 18.4 Å². The molecule has 0 saturated carbocycles. The highest BCUT2D eigenvalue weighted by molar-refractivity contribution is 6.30. The first-order valence-corrected chi connectivity index (χ1v) is 6.36. The van der Waals surface area contributed by atoms with Crippen LogP contribution in [0, 0.1) is 0 Å². The number of hydrogen-bond acceptors (Lipinski definition) is 3. The highest BCUT2D eigenvalue weighted by atomic mass is 35.5. The number of carbonyl (C=O) groups is 1. The number of hydrogen-bond donors (Lipinski definition) is 1. The second-order valence-electron chi connectivity index (χ2n) is 3.97. The van der Waals surface area contributed by atoms with Gasteiger partial charge >= 0.3 is 0 Å². The molecule has 0 saturated heterocycles. The standard InChI is InChI=1S/C13H11Cl2N3O/c1-8(9-2-4-10(14)5-3-9)18-13(19)11-6-17-12(15)7-16-11/h2-8H,1H3,(H,18,19). The number of amides is 1. The zero-order valence-corrected chi connectivity index (χ0v) is 11.6. The molecule has 19 heavy (non-hydrogen) atoms. The third-order valence-corrected chi connectivity index (χ3v) is 3.02. The second-order valence-corrected chi connectivity index (χ2v) is 4.79. The fraction of sp³-hybridized carbons (Fsp3) is 0.154. The summed E-state index contributed by atoms with van der Waals surface area (Å²) in [4.78, 5) is 19.7. The van der Waals surface area contributed by atoms with E-state index in [4.69, 9.17) is 23.2 Å². The molecule has 1 aromatic carbocycles. The SMILES string of the molecule is CC(NC(=O)c1cnc(Cl)cn1)c1ccc(Cl)cc1. The molecule has 0 spiro atoms. The predicted octanol–water partition coefficient (Wildman–Crippen LogP) is 3.27. The number of halogens is 2. The lowest BCUT2D eigenvalue weighted by Gasteiger charge is -2.13. The summed E-state index contributed by atoms with van der Waals surface area (Å²) in [6, 6.07) is 7.13. The normalized spacial score (nSPS) is 11.9. The van der Waals surface area contributed by atoms with E-state index in [9.17, 15) is 4.79 Å². The minimum Gasteiger partial charge on any atom is -0.344 e. The number of nitrogens with one attached hydrogen (secondary N) is 1. The van der Waals surface area contributed by atoms with Crippen molar-refractivity contribution in [3.05, 3.63) is 58.1 Å². The van der Waals surface area contributed by atoms with E-state index in [1.165, 1.54) is 12.4 Å². The molecule has 6 heteroatoms. The molecule has 0 aliphatic rings. The number of benzene rings is 1. The monoisotopic (exact) mass is 295 g/mol. The van der Waals surface area contributed by atoms with Gasteiger partial charge in [-0.05, 0) is 24.6 Å². The van der Waals surface area contributed by atoms with E-state index in [0.717, 1.165) is 5.56 Å². The lowest BCUT2D eigenvalue weighted by molar-refractivity contribution is 0.0934. The van der Waals surface area contributed by atoms with Crippen molar-refractivity contribution in [2.45, 2.75) is 13.0 Å². The summed E-state index contributed by atoms with van der Waals surface area (Å²) < 4.78 is 0. The van der Waals surface area contributed by atoms with Crippen LogP contribution in [0.4, 0.5) is 0 Å². The Morgan fingerprint density at radius 3 is 2.42 bits per heavy atom.